The summed E-state index contributed by atoms with van der Waals surface area (Å²) in [6.45, 7) is 6.42. The number of benzene rings is 1. The van der Waals surface area contributed by atoms with Crippen LogP contribution in [0.5, 0.6) is 0 Å². The third kappa shape index (κ3) is 3.83. The van der Waals surface area contributed by atoms with Crippen molar-refractivity contribution >= 4 is 5.91 Å². The number of rotatable bonds is 3. The van der Waals surface area contributed by atoms with Crippen molar-refractivity contribution in [3.8, 4) is 0 Å². The number of pyridine rings is 1. The monoisotopic (exact) mass is 365 g/mol. The number of piperidine rings is 1. The van der Waals surface area contributed by atoms with Gasteiger partial charge in [-0.1, -0.05) is 30.3 Å². The van der Waals surface area contributed by atoms with E-state index in [1.807, 2.05) is 11.8 Å². The molecule has 2 fully saturated rings. The molecule has 27 heavy (non-hydrogen) atoms. The lowest BCUT2D eigenvalue weighted by molar-refractivity contribution is 0.0674. The third-order valence-electron chi connectivity index (χ3n) is 6.00. The van der Waals surface area contributed by atoms with Crippen LogP contribution < -0.4 is 5.56 Å². The summed E-state index contributed by atoms with van der Waals surface area (Å²) < 4.78 is 0. The van der Waals surface area contributed by atoms with E-state index >= 15 is 0 Å². The molecule has 0 saturated carbocycles. The Hall–Kier alpha value is -2.40. The molecule has 0 aliphatic carbocycles. The van der Waals surface area contributed by atoms with E-state index in [1.165, 1.54) is 12.0 Å². The SMILES string of the molecule is Cc1ccc(C(=O)N2CCC3(CCCN(Cc4ccccc4)C3)C2)c(=O)[nH]1. The number of aryl methyl sites for hydroxylation is 1. The molecule has 5 nitrogen and oxygen atoms in total. The number of hydrogen-bond acceptors (Lipinski definition) is 3. The lowest BCUT2D eigenvalue weighted by atomic mass is 9.79. The van der Waals surface area contributed by atoms with Crippen molar-refractivity contribution in [3.05, 3.63) is 69.6 Å². The van der Waals surface area contributed by atoms with Crippen LogP contribution in [0.4, 0.5) is 0 Å². The summed E-state index contributed by atoms with van der Waals surface area (Å²) in [5, 5.41) is 0. The molecule has 5 heteroatoms. The van der Waals surface area contributed by atoms with Crippen molar-refractivity contribution in [1.82, 2.24) is 14.8 Å². The van der Waals surface area contributed by atoms with E-state index < -0.39 is 0 Å². The molecule has 1 atom stereocenters. The highest BCUT2D eigenvalue weighted by Gasteiger charge is 2.43. The second-order valence-electron chi connectivity index (χ2n) is 8.16. The Kier molecular flexibility index (Phi) is 4.87. The van der Waals surface area contributed by atoms with Gasteiger partial charge in [0.1, 0.15) is 5.56 Å². The van der Waals surface area contributed by atoms with Gasteiger partial charge in [0.05, 0.1) is 0 Å². The molecule has 2 aliphatic rings. The Labute approximate surface area is 160 Å². The van der Waals surface area contributed by atoms with Crippen molar-refractivity contribution in [2.75, 3.05) is 26.2 Å². The van der Waals surface area contributed by atoms with Crippen molar-refractivity contribution in [3.63, 3.8) is 0 Å². The van der Waals surface area contributed by atoms with Crippen molar-refractivity contribution in [2.45, 2.75) is 32.7 Å². The second kappa shape index (κ2) is 7.31. The maximum atomic E-state index is 12.9. The number of hydrogen-bond donors (Lipinski definition) is 1. The summed E-state index contributed by atoms with van der Waals surface area (Å²) in [4.78, 5) is 32.2. The minimum atomic E-state index is -0.282. The molecule has 1 spiro atoms. The molecule has 2 saturated heterocycles. The maximum absolute atomic E-state index is 12.9. The summed E-state index contributed by atoms with van der Waals surface area (Å²) in [6, 6.07) is 14.0. The number of amides is 1. The number of nitrogens with one attached hydrogen (secondary N) is 1. The number of nitrogens with zero attached hydrogens (tertiary/aromatic N) is 2. The number of likely N-dealkylation sites (tertiary alicyclic amines) is 2. The van der Waals surface area contributed by atoms with E-state index in [-0.39, 0.29) is 22.4 Å². The first kappa shape index (κ1) is 18.0. The predicted molar refractivity (Wildman–Crippen MR) is 106 cm³/mol. The second-order valence-corrected chi connectivity index (χ2v) is 8.16. The quantitative estimate of drug-likeness (QED) is 0.910. The minimum absolute atomic E-state index is 0.131. The number of aromatic nitrogens is 1. The van der Waals surface area contributed by atoms with Gasteiger partial charge in [-0.05, 0) is 50.4 Å². The molecule has 142 valence electrons. The fourth-order valence-corrected chi connectivity index (χ4v) is 4.64. The first-order valence-corrected chi connectivity index (χ1v) is 9.80. The topological polar surface area (TPSA) is 56.4 Å². The molecule has 3 heterocycles. The number of carbonyl (C=O) groups excluding carboxylic acids is 1. The van der Waals surface area contributed by atoms with E-state index in [1.54, 1.807) is 12.1 Å². The summed E-state index contributed by atoms with van der Waals surface area (Å²) in [5.74, 6) is -0.131. The highest BCUT2D eigenvalue weighted by molar-refractivity contribution is 5.94. The summed E-state index contributed by atoms with van der Waals surface area (Å²) in [5.41, 5.74) is 2.26. The van der Waals surface area contributed by atoms with E-state index in [0.717, 1.165) is 51.3 Å². The maximum Gasteiger partial charge on any atom is 0.260 e. The molecule has 1 N–H and O–H groups in total. The Morgan fingerprint density at radius 1 is 1.07 bits per heavy atom. The van der Waals surface area contributed by atoms with Crippen LogP contribution in [-0.2, 0) is 6.54 Å². The molecule has 2 aliphatic heterocycles. The molecule has 2 aromatic rings. The summed E-state index contributed by atoms with van der Waals surface area (Å²) in [6.07, 6.45) is 3.35. The zero-order valence-electron chi connectivity index (χ0n) is 15.9. The fraction of sp³-hybridized carbons (Fsp3) is 0.455. The summed E-state index contributed by atoms with van der Waals surface area (Å²) >= 11 is 0. The van der Waals surface area contributed by atoms with Crippen molar-refractivity contribution in [1.29, 1.82) is 0 Å². The Morgan fingerprint density at radius 2 is 1.89 bits per heavy atom. The molecule has 1 amide bonds. The van der Waals surface area contributed by atoms with Gasteiger partial charge in [-0.2, -0.15) is 0 Å². The van der Waals surface area contributed by atoms with Crippen LogP contribution in [0.15, 0.2) is 47.3 Å². The Bertz CT molecular complexity index is 877. The first-order valence-electron chi connectivity index (χ1n) is 9.80. The lowest BCUT2D eigenvalue weighted by Crippen LogP contribution is -2.45. The van der Waals surface area contributed by atoms with E-state index in [2.05, 4.69) is 40.2 Å². The van der Waals surface area contributed by atoms with Crippen LogP contribution in [0, 0.1) is 12.3 Å². The van der Waals surface area contributed by atoms with Gasteiger partial charge in [-0.3, -0.25) is 14.5 Å². The molecule has 1 aromatic heterocycles. The predicted octanol–water partition coefficient (Wildman–Crippen LogP) is 2.81. The van der Waals surface area contributed by atoms with Crippen LogP contribution >= 0.6 is 0 Å². The van der Waals surface area contributed by atoms with Gasteiger partial charge >= 0.3 is 0 Å². The van der Waals surface area contributed by atoms with Gasteiger partial charge in [0, 0.05) is 37.3 Å². The Morgan fingerprint density at radius 3 is 2.67 bits per heavy atom. The number of aromatic amines is 1. The molecule has 1 aromatic carbocycles. The van der Waals surface area contributed by atoms with E-state index in [4.69, 9.17) is 0 Å². The molecule has 0 bridgehead atoms. The highest BCUT2D eigenvalue weighted by atomic mass is 16.2. The summed E-state index contributed by atoms with van der Waals surface area (Å²) in [7, 11) is 0. The van der Waals surface area contributed by atoms with E-state index in [9.17, 15) is 9.59 Å². The number of carbonyl (C=O) groups is 1. The standard InChI is InChI=1S/C22H27N3O2/c1-17-8-9-19(20(26)23-17)21(27)25-13-11-22(16-25)10-5-12-24(15-22)14-18-6-3-2-4-7-18/h2-4,6-9H,5,10-16H2,1H3,(H,23,26). The van der Waals surface area contributed by atoms with Gasteiger partial charge in [0.15, 0.2) is 0 Å². The van der Waals surface area contributed by atoms with Gasteiger partial charge < -0.3 is 9.88 Å². The van der Waals surface area contributed by atoms with E-state index in [0.29, 0.717) is 0 Å². The fourth-order valence-electron chi connectivity index (χ4n) is 4.64. The van der Waals surface area contributed by atoms with Crippen molar-refractivity contribution < 1.29 is 4.79 Å². The average molecular weight is 365 g/mol. The van der Waals surface area contributed by atoms with Gasteiger partial charge in [0.2, 0.25) is 0 Å². The van der Waals surface area contributed by atoms with Crippen LogP contribution in [-0.4, -0.2) is 46.9 Å². The van der Waals surface area contributed by atoms with Gasteiger partial charge in [-0.25, -0.2) is 0 Å². The molecule has 1 unspecified atom stereocenters. The lowest BCUT2D eigenvalue weighted by Gasteiger charge is -2.40. The zero-order valence-corrected chi connectivity index (χ0v) is 15.9. The highest BCUT2D eigenvalue weighted by Crippen LogP contribution is 2.39. The van der Waals surface area contributed by atoms with Crippen molar-refractivity contribution in [2.24, 2.45) is 5.41 Å². The largest absolute Gasteiger partial charge is 0.338 e. The molecule has 0 radical (unpaired) electrons. The van der Waals surface area contributed by atoms with Crippen LogP contribution in [0.1, 0.15) is 40.9 Å². The Balaban J connectivity index is 1.44. The number of H-pyrrole nitrogens is 1. The molecular weight excluding hydrogens is 338 g/mol. The molecule has 4 rings (SSSR count). The minimum Gasteiger partial charge on any atom is -0.338 e. The molecular formula is C22H27N3O2. The first-order chi connectivity index (χ1) is 13.0. The third-order valence-corrected chi connectivity index (χ3v) is 6.00. The van der Waals surface area contributed by atoms with Crippen LogP contribution in [0.3, 0.4) is 0 Å². The van der Waals surface area contributed by atoms with Gasteiger partial charge in [0.25, 0.3) is 11.5 Å². The van der Waals surface area contributed by atoms with Gasteiger partial charge in [-0.15, -0.1) is 0 Å². The average Bonchev–Trinajstić information content (AvgIpc) is 3.05. The smallest absolute Gasteiger partial charge is 0.260 e. The van der Waals surface area contributed by atoms with Crippen LogP contribution in [0.2, 0.25) is 0 Å². The zero-order chi connectivity index (χ0) is 18.9. The van der Waals surface area contributed by atoms with Crippen LogP contribution in [0.25, 0.3) is 0 Å². The normalized spacial score (nSPS) is 23.1.